The first kappa shape index (κ1) is 7.30. The van der Waals surface area contributed by atoms with Gasteiger partial charge in [0.25, 0.3) is 5.56 Å². The molecule has 12 heavy (non-hydrogen) atoms. The van der Waals surface area contributed by atoms with Crippen molar-refractivity contribution in [3.63, 3.8) is 0 Å². The van der Waals surface area contributed by atoms with Crippen molar-refractivity contribution in [2.24, 2.45) is 7.05 Å². The van der Waals surface area contributed by atoms with Crippen molar-refractivity contribution in [3.05, 3.63) is 27.4 Å². The van der Waals surface area contributed by atoms with E-state index in [1.807, 2.05) is 0 Å². The van der Waals surface area contributed by atoms with Crippen LogP contribution in [0, 0.1) is 4.77 Å². The number of aromatic nitrogens is 3. The number of fused-ring (bicyclic) bond motifs is 1. The Bertz CT molecular complexity index is 533. The molecule has 2 aromatic rings. The molecular weight excluding hydrogens is 174 g/mol. The van der Waals surface area contributed by atoms with Crippen LogP contribution < -0.4 is 5.56 Å². The molecule has 0 amide bonds. The van der Waals surface area contributed by atoms with Gasteiger partial charge in [-0.25, -0.2) is 0 Å². The van der Waals surface area contributed by atoms with Gasteiger partial charge in [-0.1, -0.05) is 0 Å². The summed E-state index contributed by atoms with van der Waals surface area (Å²) in [4.78, 5) is 16.8. The molecule has 0 aromatic carbocycles. The molecule has 2 aromatic heterocycles. The van der Waals surface area contributed by atoms with Crippen LogP contribution in [0.25, 0.3) is 11.0 Å². The second-order valence-electron chi connectivity index (χ2n) is 2.56. The number of aromatic amines is 2. The summed E-state index contributed by atoms with van der Waals surface area (Å²) >= 11 is 4.92. The summed E-state index contributed by atoms with van der Waals surface area (Å²) < 4.78 is 2.15. The van der Waals surface area contributed by atoms with Gasteiger partial charge in [0.2, 0.25) is 0 Å². The van der Waals surface area contributed by atoms with Crippen LogP contribution in [0.15, 0.2) is 17.1 Å². The van der Waals surface area contributed by atoms with Crippen molar-refractivity contribution in [3.8, 4) is 0 Å². The first-order chi connectivity index (χ1) is 5.70. The van der Waals surface area contributed by atoms with Gasteiger partial charge in [0.05, 0.1) is 5.39 Å². The highest BCUT2D eigenvalue weighted by Gasteiger charge is 2.01. The Morgan fingerprint density at radius 3 is 3.08 bits per heavy atom. The first-order valence-electron chi connectivity index (χ1n) is 3.46. The van der Waals surface area contributed by atoms with E-state index in [0.717, 1.165) is 5.65 Å². The Morgan fingerprint density at radius 2 is 2.33 bits per heavy atom. The van der Waals surface area contributed by atoms with Gasteiger partial charge in [0.15, 0.2) is 4.77 Å². The standard InChI is InChI=1S/C7H7N3OS/c1-10-5-4(2-3-8-5)6(11)9-7(10)12/h2-3,8H,1H3,(H,9,11,12). The molecule has 0 bridgehead atoms. The average molecular weight is 181 g/mol. The molecular formula is C7H7N3OS. The predicted molar refractivity (Wildman–Crippen MR) is 48.7 cm³/mol. The normalized spacial score (nSPS) is 10.8. The summed E-state index contributed by atoms with van der Waals surface area (Å²) in [6, 6.07) is 1.73. The van der Waals surface area contributed by atoms with E-state index in [4.69, 9.17) is 12.2 Å². The van der Waals surface area contributed by atoms with Crippen molar-refractivity contribution >= 4 is 23.3 Å². The van der Waals surface area contributed by atoms with Gasteiger partial charge in [-0.3, -0.25) is 9.78 Å². The molecule has 0 fully saturated rings. The minimum absolute atomic E-state index is 0.144. The minimum atomic E-state index is -0.144. The third-order valence-corrected chi connectivity index (χ3v) is 2.21. The summed E-state index contributed by atoms with van der Waals surface area (Å²) in [7, 11) is 1.80. The molecule has 0 unspecified atom stereocenters. The maximum Gasteiger partial charge on any atom is 0.261 e. The van der Waals surface area contributed by atoms with Gasteiger partial charge in [0.1, 0.15) is 5.65 Å². The van der Waals surface area contributed by atoms with E-state index in [-0.39, 0.29) is 5.56 Å². The summed E-state index contributed by atoms with van der Waals surface area (Å²) in [5, 5.41) is 0.631. The molecule has 2 rings (SSSR count). The van der Waals surface area contributed by atoms with Crippen molar-refractivity contribution in [1.82, 2.24) is 14.5 Å². The Kier molecular flexibility index (Phi) is 1.41. The summed E-state index contributed by atoms with van der Waals surface area (Å²) in [5.41, 5.74) is 0.609. The van der Waals surface area contributed by atoms with Crippen molar-refractivity contribution in [1.29, 1.82) is 0 Å². The monoisotopic (exact) mass is 181 g/mol. The Balaban J connectivity index is 3.18. The van der Waals surface area contributed by atoms with E-state index >= 15 is 0 Å². The van der Waals surface area contributed by atoms with E-state index in [0.29, 0.717) is 10.2 Å². The average Bonchev–Trinajstić information content (AvgIpc) is 2.48. The largest absolute Gasteiger partial charge is 0.347 e. The quantitative estimate of drug-likeness (QED) is 0.594. The number of nitrogens with zero attached hydrogens (tertiary/aromatic N) is 1. The molecule has 4 nitrogen and oxygen atoms in total. The molecule has 0 atom stereocenters. The van der Waals surface area contributed by atoms with Gasteiger partial charge in [-0.15, -0.1) is 0 Å². The fourth-order valence-electron chi connectivity index (χ4n) is 1.17. The Hall–Kier alpha value is -1.36. The molecule has 0 radical (unpaired) electrons. The van der Waals surface area contributed by atoms with Crippen molar-refractivity contribution in [2.75, 3.05) is 0 Å². The van der Waals surface area contributed by atoms with Crippen LogP contribution in [0.2, 0.25) is 0 Å². The van der Waals surface area contributed by atoms with Crippen LogP contribution in [0.5, 0.6) is 0 Å². The van der Waals surface area contributed by atoms with E-state index < -0.39 is 0 Å². The summed E-state index contributed by atoms with van der Waals surface area (Å²) in [5.74, 6) is 0. The molecule has 0 aliphatic carbocycles. The molecule has 2 heterocycles. The number of hydrogen-bond donors (Lipinski definition) is 2. The number of rotatable bonds is 0. The Morgan fingerprint density at radius 1 is 1.58 bits per heavy atom. The lowest BCUT2D eigenvalue weighted by molar-refractivity contribution is 0.868. The van der Waals surface area contributed by atoms with E-state index in [2.05, 4.69) is 9.97 Å². The van der Waals surface area contributed by atoms with Crippen LogP contribution in [0.3, 0.4) is 0 Å². The lowest BCUT2D eigenvalue weighted by Crippen LogP contribution is -2.11. The summed E-state index contributed by atoms with van der Waals surface area (Å²) in [6.45, 7) is 0. The van der Waals surface area contributed by atoms with Gasteiger partial charge in [0, 0.05) is 13.2 Å². The molecule has 0 saturated carbocycles. The molecule has 5 heteroatoms. The maximum absolute atomic E-state index is 11.3. The fraction of sp³-hybridized carbons (Fsp3) is 0.143. The second-order valence-corrected chi connectivity index (χ2v) is 2.94. The van der Waals surface area contributed by atoms with Gasteiger partial charge < -0.3 is 9.55 Å². The first-order valence-corrected chi connectivity index (χ1v) is 3.87. The Labute approximate surface area is 72.9 Å². The highest BCUT2D eigenvalue weighted by molar-refractivity contribution is 7.71. The smallest absolute Gasteiger partial charge is 0.261 e. The van der Waals surface area contributed by atoms with Crippen LogP contribution in [0.4, 0.5) is 0 Å². The van der Waals surface area contributed by atoms with E-state index in [9.17, 15) is 4.79 Å². The van der Waals surface area contributed by atoms with Gasteiger partial charge >= 0.3 is 0 Å². The zero-order valence-corrected chi connectivity index (χ0v) is 7.23. The zero-order valence-electron chi connectivity index (χ0n) is 6.42. The number of aryl methyl sites for hydroxylation is 1. The summed E-state index contributed by atoms with van der Waals surface area (Å²) in [6.07, 6.45) is 1.72. The third kappa shape index (κ3) is 0.831. The number of nitrogens with one attached hydrogen (secondary N) is 2. The third-order valence-electron chi connectivity index (χ3n) is 1.83. The van der Waals surface area contributed by atoms with E-state index in [1.165, 1.54) is 0 Å². The van der Waals surface area contributed by atoms with Crippen LogP contribution in [-0.2, 0) is 7.05 Å². The highest BCUT2D eigenvalue weighted by Crippen LogP contribution is 2.04. The molecule has 0 aliphatic rings. The minimum Gasteiger partial charge on any atom is -0.347 e. The SMILES string of the molecule is Cn1c(=S)[nH]c(=O)c2cc[nH]c21. The van der Waals surface area contributed by atoms with Crippen LogP contribution >= 0.6 is 12.2 Å². The molecule has 0 saturated heterocycles. The van der Waals surface area contributed by atoms with E-state index in [1.54, 1.807) is 23.9 Å². The topological polar surface area (TPSA) is 53.6 Å². The number of H-pyrrole nitrogens is 2. The second kappa shape index (κ2) is 2.31. The van der Waals surface area contributed by atoms with Gasteiger partial charge in [-0.2, -0.15) is 0 Å². The van der Waals surface area contributed by atoms with Gasteiger partial charge in [-0.05, 0) is 18.3 Å². The van der Waals surface area contributed by atoms with Crippen LogP contribution in [-0.4, -0.2) is 14.5 Å². The highest BCUT2D eigenvalue weighted by atomic mass is 32.1. The lowest BCUT2D eigenvalue weighted by atomic mass is 10.4. The molecule has 0 spiro atoms. The zero-order chi connectivity index (χ0) is 8.72. The molecule has 0 aliphatic heterocycles. The van der Waals surface area contributed by atoms with Crippen LogP contribution in [0.1, 0.15) is 0 Å². The maximum atomic E-state index is 11.3. The lowest BCUT2D eigenvalue weighted by Gasteiger charge is -1.98. The predicted octanol–water partition coefficient (Wildman–Crippen LogP) is 0.924. The van der Waals surface area contributed by atoms with Crippen molar-refractivity contribution in [2.45, 2.75) is 0 Å². The molecule has 62 valence electrons. The van der Waals surface area contributed by atoms with Crippen molar-refractivity contribution < 1.29 is 0 Å². The fourth-order valence-corrected chi connectivity index (χ4v) is 1.36. The number of hydrogen-bond acceptors (Lipinski definition) is 2. The molecule has 2 N–H and O–H groups in total.